The van der Waals surface area contributed by atoms with Crippen molar-refractivity contribution >= 4 is 0 Å². The first-order valence-corrected chi connectivity index (χ1v) is 7.65. The Morgan fingerprint density at radius 2 is 2.32 bits per heavy atom. The standard InChI is InChI=1S/C16H27N3/c1-14-8-4-6-12-19(14)13-7-11-17-15(2)16-9-3-5-10-18-16/h3,5,9-10,14-15,17H,4,6-8,11-13H2,1-2H3. The van der Waals surface area contributed by atoms with Gasteiger partial charge >= 0.3 is 0 Å². The fraction of sp³-hybridized carbons (Fsp3) is 0.688. The monoisotopic (exact) mass is 261 g/mol. The van der Waals surface area contributed by atoms with E-state index in [1.54, 1.807) is 0 Å². The van der Waals surface area contributed by atoms with E-state index in [9.17, 15) is 0 Å². The third-order valence-electron chi connectivity index (χ3n) is 4.14. The summed E-state index contributed by atoms with van der Waals surface area (Å²) in [6.45, 7) is 8.13. The van der Waals surface area contributed by atoms with Gasteiger partial charge in [-0.1, -0.05) is 12.5 Å². The minimum atomic E-state index is 0.347. The maximum absolute atomic E-state index is 4.39. The molecule has 1 aliphatic heterocycles. The van der Waals surface area contributed by atoms with Crippen LogP contribution in [0.5, 0.6) is 0 Å². The van der Waals surface area contributed by atoms with E-state index < -0.39 is 0 Å². The zero-order valence-corrected chi connectivity index (χ0v) is 12.3. The summed E-state index contributed by atoms with van der Waals surface area (Å²) in [5.41, 5.74) is 1.13. The van der Waals surface area contributed by atoms with Crippen molar-refractivity contribution in [2.45, 2.75) is 51.6 Å². The van der Waals surface area contributed by atoms with E-state index in [-0.39, 0.29) is 0 Å². The van der Waals surface area contributed by atoms with Crippen molar-refractivity contribution in [3.63, 3.8) is 0 Å². The quantitative estimate of drug-likeness (QED) is 0.798. The second kappa shape index (κ2) is 7.61. The van der Waals surface area contributed by atoms with E-state index in [4.69, 9.17) is 0 Å². The lowest BCUT2D eigenvalue weighted by atomic mass is 10.0. The molecule has 1 fully saturated rings. The molecule has 1 saturated heterocycles. The van der Waals surface area contributed by atoms with Crippen molar-refractivity contribution < 1.29 is 0 Å². The van der Waals surface area contributed by atoms with E-state index in [2.05, 4.69) is 41.2 Å². The second-order valence-corrected chi connectivity index (χ2v) is 5.66. The van der Waals surface area contributed by atoms with E-state index in [0.29, 0.717) is 6.04 Å². The van der Waals surface area contributed by atoms with E-state index in [1.165, 1.54) is 38.8 Å². The molecule has 1 aliphatic rings. The topological polar surface area (TPSA) is 28.2 Å². The van der Waals surface area contributed by atoms with Crippen LogP contribution >= 0.6 is 0 Å². The highest BCUT2D eigenvalue weighted by atomic mass is 15.2. The number of nitrogens with zero attached hydrogens (tertiary/aromatic N) is 2. The Labute approximate surface area is 117 Å². The molecule has 0 amide bonds. The van der Waals surface area contributed by atoms with Gasteiger partial charge in [0.15, 0.2) is 0 Å². The molecule has 0 radical (unpaired) electrons. The molecule has 2 unspecified atom stereocenters. The number of nitrogens with one attached hydrogen (secondary N) is 1. The summed E-state index contributed by atoms with van der Waals surface area (Å²) in [4.78, 5) is 7.02. The van der Waals surface area contributed by atoms with Crippen LogP contribution in [0.2, 0.25) is 0 Å². The van der Waals surface area contributed by atoms with Crippen LogP contribution in [-0.2, 0) is 0 Å². The number of hydrogen-bond donors (Lipinski definition) is 1. The Bertz CT molecular complexity index is 352. The summed E-state index contributed by atoms with van der Waals surface area (Å²) >= 11 is 0. The van der Waals surface area contributed by atoms with Crippen LogP contribution in [-0.4, -0.2) is 35.6 Å². The van der Waals surface area contributed by atoms with Crippen molar-refractivity contribution in [1.29, 1.82) is 0 Å². The van der Waals surface area contributed by atoms with Crippen molar-refractivity contribution in [1.82, 2.24) is 15.2 Å². The molecule has 19 heavy (non-hydrogen) atoms. The lowest BCUT2D eigenvalue weighted by Crippen LogP contribution is -2.39. The minimum absolute atomic E-state index is 0.347. The minimum Gasteiger partial charge on any atom is -0.309 e. The lowest BCUT2D eigenvalue weighted by molar-refractivity contribution is 0.158. The number of hydrogen-bond acceptors (Lipinski definition) is 3. The zero-order chi connectivity index (χ0) is 13.5. The van der Waals surface area contributed by atoms with Gasteiger partial charge < -0.3 is 10.2 Å². The number of aromatic nitrogens is 1. The molecule has 1 aromatic heterocycles. The number of pyridine rings is 1. The van der Waals surface area contributed by atoms with Crippen LogP contribution in [0.1, 0.15) is 51.3 Å². The second-order valence-electron chi connectivity index (χ2n) is 5.66. The van der Waals surface area contributed by atoms with Gasteiger partial charge in [-0.05, 0) is 64.9 Å². The summed E-state index contributed by atoms with van der Waals surface area (Å²) in [5.74, 6) is 0. The van der Waals surface area contributed by atoms with Crippen LogP contribution < -0.4 is 5.32 Å². The molecular weight excluding hydrogens is 234 g/mol. The Kier molecular flexibility index (Phi) is 5.80. The average molecular weight is 261 g/mol. The normalized spacial score (nSPS) is 22.3. The van der Waals surface area contributed by atoms with Crippen molar-refractivity contribution in [2.75, 3.05) is 19.6 Å². The first kappa shape index (κ1) is 14.5. The summed E-state index contributed by atoms with van der Waals surface area (Å²) in [5, 5.41) is 3.56. The molecule has 2 rings (SSSR count). The lowest BCUT2D eigenvalue weighted by Gasteiger charge is -2.33. The Hall–Kier alpha value is -0.930. The molecule has 0 aromatic carbocycles. The van der Waals surface area contributed by atoms with Gasteiger partial charge in [0.1, 0.15) is 0 Å². The predicted molar refractivity (Wildman–Crippen MR) is 80.2 cm³/mol. The van der Waals surface area contributed by atoms with Crippen molar-refractivity contribution in [3.8, 4) is 0 Å². The van der Waals surface area contributed by atoms with Crippen LogP contribution in [0, 0.1) is 0 Å². The molecule has 0 aliphatic carbocycles. The van der Waals surface area contributed by atoms with Crippen LogP contribution in [0.25, 0.3) is 0 Å². The summed E-state index contributed by atoms with van der Waals surface area (Å²) in [6.07, 6.45) is 7.25. The highest BCUT2D eigenvalue weighted by molar-refractivity contribution is 5.07. The number of rotatable bonds is 6. The fourth-order valence-corrected chi connectivity index (χ4v) is 2.83. The van der Waals surface area contributed by atoms with Gasteiger partial charge in [0.05, 0.1) is 5.69 Å². The van der Waals surface area contributed by atoms with Gasteiger partial charge in [-0.3, -0.25) is 4.98 Å². The third-order valence-corrected chi connectivity index (χ3v) is 4.14. The molecule has 2 heterocycles. The van der Waals surface area contributed by atoms with Gasteiger partial charge in [0, 0.05) is 18.3 Å². The largest absolute Gasteiger partial charge is 0.309 e. The van der Waals surface area contributed by atoms with Crippen molar-refractivity contribution in [2.24, 2.45) is 0 Å². The molecule has 3 nitrogen and oxygen atoms in total. The van der Waals surface area contributed by atoms with Gasteiger partial charge in [0.25, 0.3) is 0 Å². The fourth-order valence-electron chi connectivity index (χ4n) is 2.83. The smallest absolute Gasteiger partial charge is 0.0570 e. The summed E-state index contributed by atoms with van der Waals surface area (Å²) < 4.78 is 0. The van der Waals surface area contributed by atoms with E-state index in [0.717, 1.165) is 18.3 Å². The maximum Gasteiger partial charge on any atom is 0.0570 e. The Morgan fingerprint density at radius 1 is 1.42 bits per heavy atom. The van der Waals surface area contributed by atoms with Crippen LogP contribution in [0.4, 0.5) is 0 Å². The molecule has 1 N–H and O–H groups in total. The van der Waals surface area contributed by atoms with Gasteiger partial charge in [0.2, 0.25) is 0 Å². The highest BCUT2D eigenvalue weighted by Gasteiger charge is 2.17. The van der Waals surface area contributed by atoms with Gasteiger partial charge in [-0.2, -0.15) is 0 Å². The molecule has 0 spiro atoms. The molecule has 1 aromatic rings. The van der Waals surface area contributed by atoms with Crippen molar-refractivity contribution in [3.05, 3.63) is 30.1 Å². The first-order chi connectivity index (χ1) is 9.27. The number of likely N-dealkylation sites (tertiary alicyclic amines) is 1. The maximum atomic E-state index is 4.39. The first-order valence-electron chi connectivity index (χ1n) is 7.65. The SMILES string of the molecule is CC(NCCCN1CCCCC1C)c1ccccn1. The molecule has 0 saturated carbocycles. The molecule has 2 atom stereocenters. The zero-order valence-electron chi connectivity index (χ0n) is 12.3. The third kappa shape index (κ3) is 4.59. The van der Waals surface area contributed by atoms with Crippen LogP contribution in [0.15, 0.2) is 24.4 Å². The number of piperidine rings is 1. The average Bonchev–Trinajstić information content (AvgIpc) is 2.46. The molecule has 3 heteroatoms. The van der Waals surface area contributed by atoms with Crippen LogP contribution in [0.3, 0.4) is 0 Å². The molecule has 0 bridgehead atoms. The summed E-state index contributed by atoms with van der Waals surface area (Å²) in [6, 6.07) is 7.23. The Morgan fingerprint density at radius 3 is 3.05 bits per heavy atom. The summed E-state index contributed by atoms with van der Waals surface area (Å²) in [7, 11) is 0. The Balaban J connectivity index is 1.64. The van der Waals surface area contributed by atoms with E-state index >= 15 is 0 Å². The predicted octanol–water partition coefficient (Wildman–Crippen LogP) is 3.00. The molecule has 106 valence electrons. The molecular formula is C16H27N3. The highest BCUT2D eigenvalue weighted by Crippen LogP contribution is 2.16. The van der Waals surface area contributed by atoms with E-state index in [1.807, 2.05) is 12.3 Å². The van der Waals surface area contributed by atoms with Gasteiger partial charge in [-0.15, -0.1) is 0 Å². The van der Waals surface area contributed by atoms with Gasteiger partial charge in [-0.25, -0.2) is 0 Å².